The summed E-state index contributed by atoms with van der Waals surface area (Å²) >= 11 is 0. The van der Waals surface area contributed by atoms with Gasteiger partial charge in [0.25, 0.3) is 0 Å². The van der Waals surface area contributed by atoms with Crippen LogP contribution in [0.1, 0.15) is 12.8 Å². The van der Waals surface area contributed by atoms with Gasteiger partial charge in [0.1, 0.15) is 0 Å². The fourth-order valence-corrected chi connectivity index (χ4v) is 2.40. The minimum atomic E-state index is 0.242. The molecule has 3 nitrogen and oxygen atoms in total. The quantitative estimate of drug-likeness (QED) is 0.623. The van der Waals surface area contributed by atoms with Crippen molar-refractivity contribution in [3.05, 3.63) is 12.7 Å². The van der Waals surface area contributed by atoms with Gasteiger partial charge in [-0.15, -0.1) is 6.58 Å². The SMILES string of the molecule is C=CCC(=O)N1CC[C@H]2CNC[C@H]21. The van der Waals surface area contributed by atoms with Crippen molar-refractivity contribution < 1.29 is 4.79 Å². The van der Waals surface area contributed by atoms with Gasteiger partial charge in [-0.2, -0.15) is 0 Å². The van der Waals surface area contributed by atoms with Gasteiger partial charge in [0.05, 0.1) is 0 Å². The van der Waals surface area contributed by atoms with Crippen molar-refractivity contribution in [2.75, 3.05) is 19.6 Å². The minimum Gasteiger partial charge on any atom is -0.338 e. The van der Waals surface area contributed by atoms with Gasteiger partial charge in [-0.05, 0) is 12.3 Å². The highest BCUT2D eigenvalue weighted by molar-refractivity contribution is 5.78. The molecule has 2 atom stereocenters. The van der Waals surface area contributed by atoms with E-state index in [4.69, 9.17) is 0 Å². The average Bonchev–Trinajstić information content (AvgIpc) is 2.62. The molecule has 1 amide bonds. The molecule has 2 saturated heterocycles. The summed E-state index contributed by atoms with van der Waals surface area (Å²) in [5, 5.41) is 3.33. The molecule has 0 bridgehead atoms. The first-order valence-corrected chi connectivity index (χ1v) is 4.94. The second kappa shape index (κ2) is 3.50. The maximum atomic E-state index is 11.6. The summed E-state index contributed by atoms with van der Waals surface area (Å²) in [6, 6.07) is 0.465. The predicted octanol–water partition coefficient (Wildman–Crippen LogP) is 0.383. The van der Waals surface area contributed by atoms with Crippen molar-refractivity contribution in [2.45, 2.75) is 18.9 Å². The average molecular weight is 180 g/mol. The standard InChI is InChI=1S/C10H16N2O/c1-2-3-10(13)12-5-4-8-6-11-7-9(8)12/h2,8-9,11H,1,3-7H2/t8-,9+/m0/s1. The number of carbonyl (C=O) groups excluding carboxylic acids is 1. The Morgan fingerprint density at radius 3 is 3.23 bits per heavy atom. The molecule has 2 heterocycles. The lowest BCUT2D eigenvalue weighted by molar-refractivity contribution is -0.131. The normalized spacial score (nSPS) is 31.8. The molecule has 0 saturated carbocycles. The zero-order valence-corrected chi connectivity index (χ0v) is 7.83. The third-order valence-corrected chi connectivity index (χ3v) is 3.08. The first kappa shape index (κ1) is 8.75. The van der Waals surface area contributed by atoms with E-state index >= 15 is 0 Å². The van der Waals surface area contributed by atoms with Crippen LogP contribution in [0, 0.1) is 5.92 Å². The Labute approximate surface area is 78.8 Å². The summed E-state index contributed by atoms with van der Waals surface area (Å²) in [5.74, 6) is 0.944. The topological polar surface area (TPSA) is 32.3 Å². The minimum absolute atomic E-state index is 0.242. The van der Waals surface area contributed by atoms with Crippen LogP contribution in [0.4, 0.5) is 0 Å². The van der Waals surface area contributed by atoms with Crippen LogP contribution in [0.5, 0.6) is 0 Å². The summed E-state index contributed by atoms with van der Waals surface area (Å²) in [4.78, 5) is 13.6. The molecule has 0 aromatic carbocycles. The largest absolute Gasteiger partial charge is 0.338 e. The first-order valence-electron chi connectivity index (χ1n) is 4.94. The highest BCUT2D eigenvalue weighted by Gasteiger charge is 2.39. The highest BCUT2D eigenvalue weighted by Crippen LogP contribution is 2.27. The van der Waals surface area contributed by atoms with Crippen molar-refractivity contribution in [3.8, 4) is 0 Å². The third kappa shape index (κ3) is 1.48. The van der Waals surface area contributed by atoms with E-state index in [1.54, 1.807) is 6.08 Å². The molecule has 2 fully saturated rings. The molecule has 2 aliphatic rings. The van der Waals surface area contributed by atoms with Gasteiger partial charge >= 0.3 is 0 Å². The van der Waals surface area contributed by atoms with Crippen LogP contribution in [0.3, 0.4) is 0 Å². The van der Waals surface area contributed by atoms with Gasteiger partial charge in [0.2, 0.25) is 5.91 Å². The van der Waals surface area contributed by atoms with Crippen LogP contribution in [-0.4, -0.2) is 36.5 Å². The molecule has 3 heteroatoms. The Morgan fingerprint density at radius 2 is 2.46 bits per heavy atom. The van der Waals surface area contributed by atoms with Crippen molar-refractivity contribution in [1.82, 2.24) is 10.2 Å². The maximum absolute atomic E-state index is 11.6. The van der Waals surface area contributed by atoms with E-state index < -0.39 is 0 Å². The van der Waals surface area contributed by atoms with Gasteiger partial charge in [-0.1, -0.05) is 6.08 Å². The molecule has 1 N–H and O–H groups in total. The van der Waals surface area contributed by atoms with Gasteiger partial charge in [-0.3, -0.25) is 4.79 Å². The molecule has 2 rings (SSSR count). The van der Waals surface area contributed by atoms with Crippen LogP contribution in [-0.2, 0) is 4.79 Å². The van der Waals surface area contributed by atoms with Crippen LogP contribution >= 0.6 is 0 Å². The summed E-state index contributed by atoms with van der Waals surface area (Å²) < 4.78 is 0. The maximum Gasteiger partial charge on any atom is 0.226 e. The molecule has 2 aliphatic heterocycles. The Morgan fingerprint density at radius 1 is 1.62 bits per heavy atom. The number of carbonyl (C=O) groups is 1. The van der Waals surface area contributed by atoms with E-state index in [-0.39, 0.29) is 5.91 Å². The first-order chi connectivity index (χ1) is 6.33. The second-order valence-electron chi connectivity index (χ2n) is 3.85. The van der Waals surface area contributed by atoms with Crippen LogP contribution < -0.4 is 5.32 Å². The lowest BCUT2D eigenvalue weighted by Gasteiger charge is -2.22. The van der Waals surface area contributed by atoms with Crippen molar-refractivity contribution in [2.24, 2.45) is 5.92 Å². The van der Waals surface area contributed by atoms with Crippen molar-refractivity contribution >= 4 is 5.91 Å². The summed E-state index contributed by atoms with van der Waals surface area (Å²) in [6.07, 6.45) is 3.35. The number of fused-ring (bicyclic) bond motifs is 1. The lowest BCUT2D eigenvalue weighted by Crippen LogP contribution is -2.38. The van der Waals surface area contributed by atoms with E-state index in [1.807, 2.05) is 4.90 Å². The summed E-state index contributed by atoms with van der Waals surface area (Å²) in [6.45, 7) is 6.61. The molecule has 72 valence electrons. The van der Waals surface area contributed by atoms with Gasteiger partial charge in [0.15, 0.2) is 0 Å². The molecular weight excluding hydrogens is 164 g/mol. The van der Waals surface area contributed by atoms with E-state index in [0.717, 1.165) is 19.6 Å². The van der Waals surface area contributed by atoms with Crippen LogP contribution in [0.2, 0.25) is 0 Å². The molecule has 0 aromatic heterocycles. The molecular formula is C10H16N2O. The second-order valence-corrected chi connectivity index (χ2v) is 3.85. The number of nitrogens with zero attached hydrogens (tertiary/aromatic N) is 1. The van der Waals surface area contributed by atoms with E-state index in [1.165, 1.54) is 6.42 Å². The van der Waals surface area contributed by atoms with Crippen LogP contribution in [0.15, 0.2) is 12.7 Å². The molecule has 0 spiro atoms. The number of amides is 1. The van der Waals surface area contributed by atoms with E-state index in [0.29, 0.717) is 18.4 Å². The van der Waals surface area contributed by atoms with E-state index in [2.05, 4.69) is 11.9 Å². The van der Waals surface area contributed by atoms with Gasteiger partial charge in [-0.25, -0.2) is 0 Å². The predicted molar refractivity (Wildman–Crippen MR) is 51.3 cm³/mol. The van der Waals surface area contributed by atoms with Crippen LogP contribution in [0.25, 0.3) is 0 Å². The third-order valence-electron chi connectivity index (χ3n) is 3.08. The fraction of sp³-hybridized carbons (Fsp3) is 0.700. The van der Waals surface area contributed by atoms with Gasteiger partial charge < -0.3 is 10.2 Å². The zero-order chi connectivity index (χ0) is 9.26. The summed E-state index contributed by atoms with van der Waals surface area (Å²) in [5.41, 5.74) is 0. The van der Waals surface area contributed by atoms with Crippen molar-refractivity contribution in [1.29, 1.82) is 0 Å². The zero-order valence-electron chi connectivity index (χ0n) is 7.83. The highest BCUT2D eigenvalue weighted by atomic mass is 16.2. The Kier molecular flexibility index (Phi) is 2.36. The lowest BCUT2D eigenvalue weighted by atomic mass is 10.1. The monoisotopic (exact) mass is 180 g/mol. The smallest absolute Gasteiger partial charge is 0.226 e. The van der Waals surface area contributed by atoms with E-state index in [9.17, 15) is 4.79 Å². The number of rotatable bonds is 2. The summed E-state index contributed by atoms with van der Waals surface area (Å²) in [7, 11) is 0. The molecule has 0 aromatic rings. The number of hydrogen-bond donors (Lipinski definition) is 1. The van der Waals surface area contributed by atoms with Gasteiger partial charge in [0, 0.05) is 32.1 Å². The molecule has 0 unspecified atom stereocenters. The Balaban J connectivity index is 2.00. The molecule has 13 heavy (non-hydrogen) atoms. The number of hydrogen-bond acceptors (Lipinski definition) is 2. The number of nitrogens with one attached hydrogen (secondary N) is 1. The Bertz CT molecular complexity index is 227. The number of likely N-dealkylation sites (tertiary alicyclic amines) is 1. The Hall–Kier alpha value is -0.830. The fourth-order valence-electron chi connectivity index (χ4n) is 2.40. The van der Waals surface area contributed by atoms with Crippen molar-refractivity contribution in [3.63, 3.8) is 0 Å². The molecule has 0 aliphatic carbocycles. The molecule has 0 radical (unpaired) electrons.